The number of halogens is 1. The molecule has 0 unspecified atom stereocenters. The van der Waals surface area contributed by atoms with Crippen molar-refractivity contribution in [3.05, 3.63) is 34.1 Å². The second kappa shape index (κ2) is 4.56. The Balaban J connectivity index is 3.12. The van der Waals surface area contributed by atoms with E-state index < -0.39 is 28.9 Å². The van der Waals surface area contributed by atoms with Gasteiger partial charge in [-0.2, -0.15) is 0 Å². The zero-order valence-corrected chi connectivity index (χ0v) is 8.38. The lowest BCUT2D eigenvalue weighted by molar-refractivity contribution is -0.384. The lowest BCUT2D eigenvalue weighted by Crippen LogP contribution is -2.25. The second-order valence-corrected chi connectivity index (χ2v) is 3.14. The summed E-state index contributed by atoms with van der Waals surface area (Å²) >= 11 is 0. The third-order valence-electron chi connectivity index (χ3n) is 1.92. The van der Waals surface area contributed by atoms with Gasteiger partial charge in [-0.3, -0.25) is 14.9 Å². The van der Waals surface area contributed by atoms with Crippen LogP contribution in [0.3, 0.4) is 0 Å². The fourth-order valence-corrected chi connectivity index (χ4v) is 1.25. The first kappa shape index (κ1) is 11.9. The Bertz CT molecular complexity index is 436. The van der Waals surface area contributed by atoms with E-state index in [0.29, 0.717) is 0 Å². The number of carboxylic acid groups (broad SMARTS) is 1. The van der Waals surface area contributed by atoms with Crippen molar-refractivity contribution in [3.63, 3.8) is 0 Å². The van der Waals surface area contributed by atoms with Crippen LogP contribution in [0, 0.1) is 15.9 Å². The molecular weight excluding hydrogens is 219 g/mol. The number of carboxylic acids is 1. The van der Waals surface area contributed by atoms with Crippen molar-refractivity contribution in [2.24, 2.45) is 0 Å². The number of anilines is 1. The minimum atomic E-state index is -1.12. The van der Waals surface area contributed by atoms with Gasteiger partial charge in [0.25, 0.3) is 5.69 Å². The second-order valence-electron chi connectivity index (χ2n) is 3.14. The number of nitro benzene ring substituents is 1. The van der Waals surface area contributed by atoms with Crippen LogP contribution in [0.1, 0.15) is 0 Å². The Hall–Kier alpha value is -2.18. The van der Waals surface area contributed by atoms with Crippen molar-refractivity contribution in [3.8, 4) is 0 Å². The van der Waals surface area contributed by atoms with E-state index in [4.69, 9.17) is 5.11 Å². The van der Waals surface area contributed by atoms with Crippen LogP contribution in [0.2, 0.25) is 0 Å². The van der Waals surface area contributed by atoms with Gasteiger partial charge in [0.1, 0.15) is 18.0 Å². The molecule has 16 heavy (non-hydrogen) atoms. The number of likely N-dealkylation sites (N-methyl/N-ethyl adjacent to an activating group) is 1. The number of rotatable bonds is 4. The van der Waals surface area contributed by atoms with Crippen LogP contribution in [0.5, 0.6) is 0 Å². The van der Waals surface area contributed by atoms with E-state index in [1.807, 2.05) is 0 Å². The fourth-order valence-electron chi connectivity index (χ4n) is 1.25. The van der Waals surface area contributed by atoms with Crippen molar-refractivity contribution in [1.29, 1.82) is 0 Å². The zero-order chi connectivity index (χ0) is 12.3. The first-order valence-electron chi connectivity index (χ1n) is 4.28. The summed E-state index contributed by atoms with van der Waals surface area (Å²) in [7, 11) is 1.38. The number of carbonyl (C=O) groups is 1. The Morgan fingerprint density at radius 2 is 2.25 bits per heavy atom. The summed E-state index contributed by atoms with van der Waals surface area (Å²) in [6, 6.07) is 2.98. The van der Waals surface area contributed by atoms with Gasteiger partial charge in [0, 0.05) is 7.05 Å². The Kier molecular flexibility index (Phi) is 3.39. The topological polar surface area (TPSA) is 83.7 Å². The van der Waals surface area contributed by atoms with Gasteiger partial charge in [-0.15, -0.1) is 0 Å². The van der Waals surface area contributed by atoms with Crippen LogP contribution in [0.4, 0.5) is 15.8 Å². The van der Waals surface area contributed by atoms with Crippen molar-refractivity contribution in [2.45, 2.75) is 0 Å². The fraction of sp³-hybridized carbons (Fsp3) is 0.222. The average molecular weight is 228 g/mol. The number of nitro groups is 1. The van der Waals surface area contributed by atoms with Crippen LogP contribution < -0.4 is 4.90 Å². The number of aliphatic carboxylic acids is 1. The molecule has 86 valence electrons. The molecule has 1 rings (SSSR count). The first-order chi connectivity index (χ1) is 7.41. The van der Waals surface area contributed by atoms with Crippen LogP contribution in [-0.2, 0) is 4.79 Å². The van der Waals surface area contributed by atoms with Crippen LogP contribution in [0.15, 0.2) is 18.2 Å². The predicted octanol–water partition coefficient (Wildman–Crippen LogP) is 1.25. The van der Waals surface area contributed by atoms with E-state index in [0.717, 1.165) is 12.1 Å². The van der Waals surface area contributed by atoms with Gasteiger partial charge in [0.05, 0.1) is 11.0 Å². The summed E-state index contributed by atoms with van der Waals surface area (Å²) in [5.74, 6) is -1.86. The molecule has 7 heteroatoms. The van der Waals surface area contributed by atoms with Crippen LogP contribution in [0.25, 0.3) is 0 Å². The summed E-state index contributed by atoms with van der Waals surface area (Å²) in [6.07, 6.45) is 0. The highest BCUT2D eigenvalue weighted by molar-refractivity contribution is 5.75. The molecule has 0 spiro atoms. The van der Waals surface area contributed by atoms with E-state index in [1.165, 1.54) is 18.0 Å². The van der Waals surface area contributed by atoms with Gasteiger partial charge in [-0.25, -0.2) is 4.39 Å². The molecule has 0 aliphatic rings. The van der Waals surface area contributed by atoms with E-state index in [-0.39, 0.29) is 5.69 Å². The van der Waals surface area contributed by atoms with E-state index in [2.05, 4.69) is 0 Å². The van der Waals surface area contributed by atoms with Gasteiger partial charge < -0.3 is 10.0 Å². The van der Waals surface area contributed by atoms with E-state index in [1.54, 1.807) is 0 Å². The lowest BCUT2D eigenvalue weighted by atomic mass is 10.2. The SMILES string of the molecule is CN(CC(=O)O)c1ccc(F)cc1[N+](=O)[O-]. The van der Waals surface area contributed by atoms with Crippen molar-refractivity contribution in [2.75, 3.05) is 18.5 Å². The van der Waals surface area contributed by atoms with Gasteiger partial charge >= 0.3 is 5.97 Å². The Labute approximate surface area is 90.1 Å². The lowest BCUT2D eigenvalue weighted by Gasteiger charge is -2.16. The third-order valence-corrected chi connectivity index (χ3v) is 1.92. The minimum absolute atomic E-state index is 0.0637. The van der Waals surface area contributed by atoms with Gasteiger partial charge in [-0.05, 0) is 12.1 Å². The Morgan fingerprint density at radius 3 is 2.75 bits per heavy atom. The number of benzene rings is 1. The van der Waals surface area contributed by atoms with Gasteiger partial charge in [0.2, 0.25) is 0 Å². The van der Waals surface area contributed by atoms with Crippen LogP contribution in [-0.4, -0.2) is 29.6 Å². The number of hydrogen-bond donors (Lipinski definition) is 1. The quantitative estimate of drug-likeness (QED) is 0.619. The molecule has 0 saturated heterocycles. The maximum Gasteiger partial charge on any atom is 0.323 e. The van der Waals surface area contributed by atoms with E-state index >= 15 is 0 Å². The molecule has 0 fully saturated rings. The van der Waals surface area contributed by atoms with E-state index in [9.17, 15) is 19.3 Å². The average Bonchev–Trinajstić information content (AvgIpc) is 2.16. The molecule has 0 aliphatic heterocycles. The Morgan fingerprint density at radius 1 is 1.62 bits per heavy atom. The summed E-state index contributed by atoms with van der Waals surface area (Å²) in [6.45, 7) is -0.396. The van der Waals surface area contributed by atoms with Crippen molar-refractivity contribution < 1.29 is 19.2 Å². The molecule has 0 aliphatic carbocycles. The summed E-state index contributed by atoms with van der Waals surface area (Å²) in [5.41, 5.74) is -0.391. The van der Waals surface area contributed by atoms with Crippen molar-refractivity contribution in [1.82, 2.24) is 0 Å². The zero-order valence-electron chi connectivity index (χ0n) is 8.38. The molecule has 0 saturated carbocycles. The summed E-state index contributed by atoms with van der Waals surface area (Å²) in [5, 5.41) is 19.2. The molecular formula is C9H9FN2O4. The molecule has 1 aromatic carbocycles. The monoisotopic (exact) mass is 228 g/mol. The highest BCUT2D eigenvalue weighted by atomic mass is 19.1. The van der Waals surface area contributed by atoms with Crippen LogP contribution >= 0.6 is 0 Å². The third kappa shape index (κ3) is 2.66. The maximum absolute atomic E-state index is 12.8. The number of hydrogen-bond acceptors (Lipinski definition) is 4. The molecule has 1 aromatic rings. The predicted molar refractivity (Wildman–Crippen MR) is 54.0 cm³/mol. The molecule has 0 heterocycles. The maximum atomic E-state index is 12.8. The number of nitrogens with zero attached hydrogens (tertiary/aromatic N) is 2. The summed E-state index contributed by atoms with van der Waals surface area (Å²) in [4.78, 5) is 21.5. The highest BCUT2D eigenvalue weighted by Crippen LogP contribution is 2.27. The van der Waals surface area contributed by atoms with Gasteiger partial charge in [0.15, 0.2) is 0 Å². The molecule has 0 bridgehead atoms. The molecule has 6 nitrogen and oxygen atoms in total. The first-order valence-corrected chi connectivity index (χ1v) is 4.28. The molecule has 0 aromatic heterocycles. The van der Waals surface area contributed by atoms with Gasteiger partial charge in [-0.1, -0.05) is 0 Å². The molecule has 0 radical (unpaired) electrons. The standard InChI is InChI=1S/C9H9FN2O4/c1-11(5-9(13)14)7-3-2-6(10)4-8(7)12(15)16/h2-4H,5H2,1H3,(H,13,14). The highest BCUT2D eigenvalue weighted by Gasteiger charge is 2.19. The molecule has 1 N–H and O–H groups in total. The molecule has 0 amide bonds. The minimum Gasteiger partial charge on any atom is -0.480 e. The summed E-state index contributed by atoms with van der Waals surface area (Å²) < 4.78 is 12.8. The van der Waals surface area contributed by atoms with Crippen molar-refractivity contribution >= 4 is 17.3 Å². The largest absolute Gasteiger partial charge is 0.480 e. The smallest absolute Gasteiger partial charge is 0.323 e. The molecule has 0 atom stereocenters. The normalized spacial score (nSPS) is 9.88.